The van der Waals surface area contributed by atoms with E-state index in [0.717, 1.165) is 0 Å². The average Bonchev–Trinajstić information content (AvgIpc) is 2.45. The van der Waals surface area contributed by atoms with Gasteiger partial charge in [-0.3, -0.25) is 9.59 Å². The van der Waals surface area contributed by atoms with Crippen molar-refractivity contribution in [1.82, 2.24) is 5.32 Å². The van der Waals surface area contributed by atoms with Crippen molar-refractivity contribution in [3.63, 3.8) is 0 Å². The maximum absolute atomic E-state index is 12.3. The van der Waals surface area contributed by atoms with Crippen LogP contribution in [-0.2, 0) is 9.59 Å². The van der Waals surface area contributed by atoms with E-state index in [0.29, 0.717) is 19.4 Å². The van der Waals surface area contributed by atoms with E-state index < -0.39 is 5.41 Å². The zero-order valence-electron chi connectivity index (χ0n) is 11.0. The second kappa shape index (κ2) is 3.94. The molecule has 0 saturated carbocycles. The molecule has 1 N–H and O–H groups in total. The fourth-order valence-electron chi connectivity index (χ4n) is 3.43. The number of nitriles is 1. The standard InChI is InChI=1S/C14H18N2O2/c1-13(2)10-4-5-11(17)16-8-14(10,3)6-9(7-15)12(13)18/h6,10H,4-5,8H2,1-3H3,(H,16,17)/t10-,14+/m1/s1. The minimum absolute atomic E-state index is 0.0285. The number of ketones is 1. The molecule has 4 heteroatoms. The van der Waals surface area contributed by atoms with Gasteiger partial charge in [-0.25, -0.2) is 0 Å². The zero-order valence-corrected chi connectivity index (χ0v) is 11.0. The highest BCUT2D eigenvalue weighted by molar-refractivity contribution is 6.04. The van der Waals surface area contributed by atoms with E-state index in [1.165, 1.54) is 0 Å². The van der Waals surface area contributed by atoms with Crippen LogP contribution in [-0.4, -0.2) is 18.2 Å². The topological polar surface area (TPSA) is 70.0 Å². The van der Waals surface area contributed by atoms with Crippen LogP contribution < -0.4 is 5.32 Å². The lowest BCUT2D eigenvalue weighted by atomic mass is 9.56. The number of carbonyl (C=O) groups excluding carboxylic acids is 2. The molecule has 18 heavy (non-hydrogen) atoms. The number of fused-ring (bicyclic) bond motifs is 1. The molecule has 96 valence electrons. The van der Waals surface area contributed by atoms with Crippen LogP contribution in [0, 0.1) is 28.1 Å². The summed E-state index contributed by atoms with van der Waals surface area (Å²) in [4.78, 5) is 23.8. The van der Waals surface area contributed by atoms with Crippen LogP contribution in [0.3, 0.4) is 0 Å². The van der Waals surface area contributed by atoms with Gasteiger partial charge in [-0.1, -0.05) is 26.8 Å². The molecule has 0 radical (unpaired) electrons. The van der Waals surface area contributed by atoms with Gasteiger partial charge in [0.2, 0.25) is 5.91 Å². The fourth-order valence-corrected chi connectivity index (χ4v) is 3.43. The molecule has 2 aliphatic rings. The van der Waals surface area contributed by atoms with Gasteiger partial charge in [-0.15, -0.1) is 0 Å². The first-order valence-corrected chi connectivity index (χ1v) is 6.26. The number of nitrogens with zero attached hydrogens (tertiary/aromatic N) is 1. The molecule has 4 nitrogen and oxygen atoms in total. The fraction of sp³-hybridized carbons (Fsp3) is 0.643. The quantitative estimate of drug-likeness (QED) is 0.705. The van der Waals surface area contributed by atoms with Gasteiger partial charge in [0.15, 0.2) is 5.78 Å². The molecule has 1 fully saturated rings. The molecule has 1 amide bonds. The largest absolute Gasteiger partial charge is 0.355 e. The Morgan fingerprint density at radius 2 is 2.06 bits per heavy atom. The van der Waals surface area contributed by atoms with Crippen molar-refractivity contribution in [3.05, 3.63) is 11.6 Å². The van der Waals surface area contributed by atoms with Crippen molar-refractivity contribution in [2.24, 2.45) is 16.7 Å². The third-order valence-electron chi connectivity index (χ3n) is 4.42. The first-order chi connectivity index (χ1) is 8.31. The molecule has 2 rings (SSSR count). The van der Waals surface area contributed by atoms with Gasteiger partial charge in [-0.05, 0) is 12.3 Å². The van der Waals surface area contributed by atoms with E-state index in [-0.39, 0.29) is 28.6 Å². The van der Waals surface area contributed by atoms with Gasteiger partial charge in [0, 0.05) is 23.8 Å². The van der Waals surface area contributed by atoms with E-state index in [9.17, 15) is 9.59 Å². The molecule has 1 saturated heterocycles. The Labute approximate surface area is 107 Å². The zero-order chi connectivity index (χ0) is 13.6. The number of amides is 1. The first-order valence-electron chi connectivity index (χ1n) is 6.26. The van der Waals surface area contributed by atoms with Crippen LogP contribution in [0.25, 0.3) is 0 Å². The number of hydrogen-bond acceptors (Lipinski definition) is 3. The van der Waals surface area contributed by atoms with Crippen LogP contribution in [0.15, 0.2) is 11.6 Å². The third kappa shape index (κ3) is 1.74. The maximum Gasteiger partial charge on any atom is 0.220 e. The Morgan fingerprint density at radius 1 is 1.39 bits per heavy atom. The molecule has 1 heterocycles. The average molecular weight is 246 g/mol. The second-order valence-electron chi connectivity index (χ2n) is 6.09. The second-order valence-corrected chi connectivity index (χ2v) is 6.09. The molecular formula is C14H18N2O2. The van der Waals surface area contributed by atoms with Crippen molar-refractivity contribution < 1.29 is 9.59 Å². The van der Waals surface area contributed by atoms with Gasteiger partial charge >= 0.3 is 0 Å². The molecule has 0 spiro atoms. The summed E-state index contributed by atoms with van der Waals surface area (Å²) in [5, 5.41) is 12.0. The Hall–Kier alpha value is -1.63. The van der Waals surface area contributed by atoms with Gasteiger partial charge < -0.3 is 5.32 Å². The van der Waals surface area contributed by atoms with Crippen LogP contribution in [0.4, 0.5) is 0 Å². The summed E-state index contributed by atoms with van der Waals surface area (Å²) in [7, 11) is 0. The molecule has 0 aromatic rings. The van der Waals surface area contributed by atoms with Crippen molar-refractivity contribution in [2.45, 2.75) is 33.6 Å². The lowest BCUT2D eigenvalue weighted by Crippen LogP contribution is -2.49. The number of allylic oxidation sites excluding steroid dienone is 1. The highest BCUT2D eigenvalue weighted by Gasteiger charge is 2.51. The molecule has 1 aliphatic heterocycles. The molecule has 0 unspecified atom stereocenters. The Kier molecular flexibility index (Phi) is 2.81. The number of rotatable bonds is 0. The molecule has 2 atom stereocenters. The summed E-state index contributed by atoms with van der Waals surface area (Å²) in [6.07, 6.45) is 2.90. The summed E-state index contributed by atoms with van der Waals surface area (Å²) in [6, 6.07) is 2.00. The van der Waals surface area contributed by atoms with Crippen LogP contribution in [0.2, 0.25) is 0 Å². The Bertz CT molecular complexity index is 485. The minimum atomic E-state index is -0.582. The van der Waals surface area contributed by atoms with Crippen molar-refractivity contribution >= 4 is 11.7 Å². The summed E-state index contributed by atoms with van der Waals surface area (Å²) in [5.74, 6) is 0.0242. The highest BCUT2D eigenvalue weighted by Crippen LogP contribution is 2.50. The maximum atomic E-state index is 12.3. The molecule has 0 aromatic heterocycles. The number of carbonyl (C=O) groups is 2. The predicted octanol–water partition coefficient (Wildman–Crippen LogP) is 1.58. The Morgan fingerprint density at radius 3 is 2.67 bits per heavy atom. The molecule has 1 aliphatic carbocycles. The van der Waals surface area contributed by atoms with E-state index >= 15 is 0 Å². The molecular weight excluding hydrogens is 228 g/mol. The predicted molar refractivity (Wildman–Crippen MR) is 66.3 cm³/mol. The van der Waals surface area contributed by atoms with Gasteiger partial charge in [0.05, 0.1) is 5.57 Å². The van der Waals surface area contributed by atoms with Crippen molar-refractivity contribution in [1.29, 1.82) is 5.26 Å². The van der Waals surface area contributed by atoms with E-state index in [1.807, 2.05) is 26.8 Å². The Balaban J connectivity index is 2.53. The van der Waals surface area contributed by atoms with Gasteiger partial charge in [0.1, 0.15) is 6.07 Å². The van der Waals surface area contributed by atoms with E-state index in [4.69, 9.17) is 5.26 Å². The number of nitrogens with one attached hydrogen (secondary N) is 1. The monoisotopic (exact) mass is 246 g/mol. The molecule has 0 bridgehead atoms. The van der Waals surface area contributed by atoms with Crippen molar-refractivity contribution in [3.8, 4) is 6.07 Å². The SMILES string of the molecule is CC1(C)C(=O)C(C#N)=C[C@@]2(C)CNC(=O)CC[C@H]12. The number of Topliss-reactive ketones (excluding diaryl/α,β-unsaturated/α-hetero) is 1. The van der Waals surface area contributed by atoms with Crippen LogP contribution in [0.1, 0.15) is 33.6 Å². The third-order valence-corrected chi connectivity index (χ3v) is 4.42. The van der Waals surface area contributed by atoms with Crippen LogP contribution in [0.5, 0.6) is 0 Å². The van der Waals surface area contributed by atoms with Gasteiger partial charge in [-0.2, -0.15) is 5.26 Å². The summed E-state index contributed by atoms with van der Waals surface area (Å²) < 4.78 is 0. The summed E-state index contributed by atoms with van der Waals surface area (Å²) in [6.45, 7) is 6.30. The van der Waals surface area contributed by atoms with Crippen LogP contribution >= 0.6 is 0 Å². The first kappa shape index (κ1) is 12.8. The minimum Gasteiger partial charge on any atom is -0.355 e. The summed E-state index contributed by atoms with van der Waals surface area (Å²) >= 11 is 0. The normalized spacial score (nSPS) is 34.8. The van der Waals surface area contributed by atoms with Gasteiger partial charge in [0.25, 0.3) is 0 Å². The van der Waals surface area contributed by atoms with Crippen molar-refractivity contribution in [2.75, 3.05) is 6.54 Å². The molecule has 0 aromatic carbocycles. The highest BCUT2D eigenvalue weighted by atomic mass is 16.1. The van der Waals surface area contributed by atoms with E-state index in [2.05, 4.69) is 5.32 Å². The lowest BCUT2D eigenvalue weighted by molar-refractivity contribution is -0.129. The smallest absolute Gasteiger partial charge is 0.220 e. The summed E-state index contributed by atoms with van der Waals surface area (Å²) in [5.41, 5.74) is -0.662. The number of hydrogen-bond donors (Lipinski definition) is 1. The lowest BCUT2D eigenvalue weighted by Gasteiger charge is -2.46. The van der Waals surface area contributed by atoms with E-state index in [1.54, 1.807) is 6.08 Å².